The van der Waals surface area contributed by atoms with Crippen LogP contribution in [0.25, 0.3) is 0 Å². The van der Waals surface area contributed by atoms with E-state index in [1.165, 1.54) is 19.3 Å². The van der Waals surface area contributed by atoms with Crippen LogP contribution in [0.15, 0.2) is 12.4 Å². The van der Waals surface area contributed by atoms with Gasteiger partial charge >= 0.3 is 5.97 Å². The van der Waals surface area contributed by atoms with Crippen molar-refractivity contribution in [1.29, 1.82) is 0 Å². The molecular weight excluding hydrogens is 266 g/mol. The Bertz CT molecular complexity index is 499. The summed E-state index contributed by atoms with van der Waals surface area (Å²) in [6, 6.07) is 0.172. The van der Waals surface area contributed by atoms with Gasteiger partial charge in [0.25, 0.3) is 0 Å². The van der Waals surface area contributed by atoms with E-state index in [9.17, 15) is 9.90 Å². The van der Waals surface area contributed by atoms with Gasteiger partial charge in [-0.15, -0.1) is 0 Å². The number of piperidine rings is 1. The summed E-state index contributed by atoms with van der Waals surface area (Å²) >= 11 is 0. The number of hydrogen-bond acceptors (Lipinski definition) is 3. The van der Waals surface area contributed by atoms with E-state index in [1.807, 2.05) is 19.3 Å². The Balaban J connectivity index is 1.73. The molecule has 0 amide bonds. The number of nitrogens with zero attached hydrogens (tertiary/aromatic N) is 3. The first-order chi connectivity index (χ1) is 10.2. The van der Waals surface area contributed by atoms with Gasteiger partial charge in [0.05, 0.1) is 0 Å². The van der Waals surface area contributed by atoms with Crippen molar-refractivity contribution < 1.29 is 9.90 Å². The Morgan fingerprint density at radius 3 is 2.81 bits per heavy atom. The van der Waals surface area contributed by atoms with Crippen LogP contribution < -0.4 is 0 Å². The fourth-order valence-electron chi connectivity index (χ4n) is 4.18. The van der Waals surface area contributed by atoms with Gasteiger partial charge in [-0.05, 0) is 38.5 Å². The average Bonchev–Trinajstić information content (AvgIpc) is 2.89. The SMILES string of the molecule is Cc1nccn1CCN1C(C(=O)O)CCC2CCCCC21. The third-order valence-electron chi connectivity index (χ3n) is 5.31. The van der Waals surface area contributed by atoms with E-state index in [-0.39, 0.29) is 6.04 Å². The van der Waals surface area contributed by atoms with Crippen molar-refractivity contribution in [2.75, 3.05) is 6.54 Å². The minimum atomic E-state index is -0.652. The molecule has 1 saturated carbocycles. The zero-order chi connectivity index (χ0) is 14.8. The van der Waals surface area contributed by atoms with Crippen molar-refractivity contribution in [3.63, 3.8) is 0 Å². The summed E-state index contributed by atoms with van der Waals surface area (Å²) in [5, 5.41) is 9.55. The van der Waals surface area contributed by atoms with Crippen LogP contribution in [0, 0.1) is 12.8 Å². The molecule has 1 aliphatic carbocycles. The molecule has 21 heavy (non-hydrogen) atoms. The first-order valence-electron chi connectivity index (χ1n) is 8.13. The third kappa shape index (κ3) is 2.98. The standard InChI is InChI=1S/C16H25N3O2/c1-12-17-8-9-18(12)10-11-19-14-5-3-2-4-13(14)6-7-15(19)16(20)21/h8-9,13-15H,2-7,10-11H2,1H3,(H,20,21). The van der Waals surface area contributed by atoms with Crippen molar-refractivity contribution in [3.05, 3.63) is 18.2 Å². The lowest BCUT2D eigenvalue weighted by atomic mass is 9.76. The van der Waals surface area contributed by atoms with Gasteiger partial charge in [0.1, 0.15) is 11.9 Å². The van der Waals surface area contributed by atoms with Gasteiger partial charge in [0.15, 0.2) is 0 Å². The van der Waals surface area contributed by atoms with E-state index >= 15 is 0 Å². The lowest BCUT2D eigenvalue weighted by Crippen LogP contribution is -2.55. The van der Waals surface area contributed by atoms with Gasteiger partial charge < -0.3 is 9.67 Å². The Labute approximate surface area is 126 Å². The van der Waals surface area contributed by atoms with Crippen LogP contribution in [0.2, 0.25) is 0 Å². The number of fused-ring (bicyclic) bond motifs is 1. The quantitative estimate of drug-likeness (QED) is 0.924. The van der Waals surface area contributed by atoms with Crippen molar-refractivity contribution in [3.8, 4) is 0 Å². The number of likely N-dealkylation sites (tertiary alicyclic amines) is 1. The van der Waals surface area contributed by atoms with Crippen LogP contribution in [0.3, 0.4) is 0 Å². The number of imidazole rings is 1. The number of aromatic nitrogens is 2. The average molecular weight is 291 g/mol. The molecule has 116 valence electrons. The summed E-state index contributed by atoms with van der Waals surface area (Å²) in [7, 11) is 0. The van der Waals surface area contributed by atoms with Gasteiger partial charge in [0, 0.05) is 31.5 Å². The van der Waals surface area contributed by atoms with Crippen molar-refractivity contribution >= 4 is 5.97 Å². The van der Waals surface area contributed by atoms with Gasteiger partial charge in [-0.2, -0.15) is 0 Å². The highest BCUT2D eigenvalue weighted by atomic mass is 16.4. The third-order valence-corrected chi connectivity index (χ3v) is 5.31. The number of carbonyl (C=O) groups is 1. The summed E-state index contributed by atoms with van der Waals surface area (Å²) in [4.78, 5) is 18.1. The Kier molecular flexibility index (Phi) is 4.29. The minimum absolute atomic E-state index is 0.298. The normalized spacial score (nSPS) is 30.0. The molecule has 2 aliphatic rings. The van der Waals surface area contributed by atoms with E-state index in [1.54, 1.807) is 0 Å². The zero-order valence-corrected chi connectivity index (χ0v) is 12.7. The van der Waals surface area contributed by atoms with Gasteiger partial charge in [0.2, 0.25) is 0 Å². The van der Waals surface area contributed by atoms with Gasteiger partial charge in [-0.25, -0.2) is 4.98 Å². The number of aliphatic carboxylic acids is 1. The number of carboxylic acids is 1. The highest BCUT2D eigenvalue weighted by molar-refractivity contribution is 5.73. The number of rotatable bonds is 4. The molecule has 2 heterocycles. The smallest absolute Gasteiger partial charge is 0.320 e. The molecule has 0 spiro atoms. The molecule has 1 aromatic rings. The Morgan fingerprint density at radius 2 is 2.10 bits per heavy atom. The molecule has 5 nitrogen and oxygen atoms in total. The maximum atomic E-state index is 11.6. The first-order valence-corrected chi connectivity index (χ1v) is 8.13. The topological polar surface area (TPSA) is 58.4 Å². The Morgan fingerprint density at radius 1 is 1.29 bits per heavy atom. The van der Waals surface area contributed by atoms with Gasteiger partial charge in [-0.1, -0.05) is 12.8 Å². The number of aryl methyl sites for hydroxylation is 1. The molecular formula is C16H25N3O2. The summed E-state index contributed by atoms with van der Waals surface area (Å²) in [5.74, 6) is 1.05. The van der Waals surface area contributed by atoms with Crippen molar-refractivity contribution in [2.45, 2.75) is 64.1 Å². The zero-order valence-electron chi connectivity index (χ0n) is 12.7. The molecule has 1 aromatic heterocycles. The lowest BCUT2D eigenvalue weighted by Gasteiger charge is -2.47. The predicted octanol–water partition coefficient (Wildman–Crippen LogP) is 2.30. The molecule has 1 saturated heterocycles. The number of hydrogen-bond donors (Lipinski definition) is 1. The van der Waals surface area contributed by atoms with E-state index in [4.69, 9.17) is 0 Å². The van der Waals surface area contributed by atoms with E-state index < -0.39 is 5.97 Å². The summed E-state index contributed by atoms with van der Waals surface area (Å²) in [6.07, 6.45) is 10.7. The van der Waals surface area contributed by atoms with E-state index in [0.29, 0.717) is 12.0 Å². The molecule has 2 fully saturated rings. The highest BCUT2D eigenvalue weighted by Gasteiger charge is 2.40. The predicted molar refractivity (Wildman–Crippen MR) is 80.1 cm³/mol. The van der Waals surface area contributed by atoms with Crippen molar-refractivity contribution in [2.24, 2.45) is 5.92 Å². The maximum absolute atomic E-state index is 11.6. The van der Waals surface area contributed by atoms with Gasteiger partial charge in [-0.3, -0.25) is 9.69 Å². The molecule has 5 heteroatoms. The fourth-order valence-corrected chi connectivity index (χ4v) is 4.18. The van der Waals surface area contributed by atoms with Crippen LogP contribution in [0.4, 0.5) is 0 Å². The molecule has 0 radical (unpaired) electrons. The maximum Gasteiger partial charge on any atom is 0.320 e. The van der Waals surface area contributed by atoms with Crippen LogP contribution in [-0.4, -0.2) is 44.2 Å². The minimum Gasteiger partial charge on any atom is -0.480 e. The number of carboxylic acid groups (broad SMARTS) is 1. The second-order valence-corrected chi connectivity index (χ2v) is 6.45. The monoisotopic (exact) mass is 291 g/mol. The molecule has 3 atom stereocenters. The molecule has 0 aromatic carbocycles. The fraction of sp³-hybridized carbons (Fsp3) is 0.750. The molecule has 3 unspecified atom stereocenters. The van der Waals surface area contributed by atoms with E-state index in [0.717, 1.165) is 38.2 Å². The van der Waals surface area contributed by atoms with Crippen LogP contribution in [0.1, 0.15) is 44.3 Å². The summed E-state index contributed by atoms with van der Waals surface area (Å²) < 4.78 is 2.12. The van der Waals surface area contributed by atoms with Crippen molar-refractivity contribution in [1.82, 2.24) is 14.5 Å². The second kappa shape index (κ2) is 6.18. The van der Waals surface area contributed by atoms with Crippen LogP contribution in [0.5, 0.6) is 0 Å². The molecule has 1 N–H and O–H groups in total. The highest BCUT2D eigenvalue weighted by Crippen LogP contribution is 2.37. The molecule has 0 bridgehead atoms. The largest absolute Gasteiger partial charge is 0.480 e. The van der Waals surface area contributed by atoms with Crippen LogP contribution in [-0.2, 0) is 11.3 Å². The van der Waals surface area contributed by atoms with Crippen LogP contribution >= 0.6 is 0 Å². The molecule has 1 aliphatic heterocycles. The van der Waals surface area contributed by atoms with E-state index in [2.05, 4.69) is 14.5 Å². The first kappa shape index (κ1) is 14.6. The Hall–Kier alpha value is -1.36. The lowest BCUT2D eigenvalue weighted by molar-refractivity contribution is -0.148. The summed E-state index contributed by atoms with van der Waals surface area (Å²) in [5.41, 5.74) is 0. The summed E-state index contributed by atoms with van der Waals surface area (Å²) in [6.45, 7) is 3.64. The molecule has 3 rings (SSSR count). The second-order valence-electron chi connectivity index (χ2n) is 6.45.